The maximum Gasteiger partial charge on any atom is 0.259 e. The van der Waals surface area contributed by atoms with Crippen molar-refractivity contribution in [3.63, 3.8) is 0 Å². The van der Waals surface area contributed by atoms with E-state index in [4.69, 9.17) is 4.74 Å². The van der Waals surface area contributed by atoms with Crippen LogP contribution in [0.2, 0.25) is 0 Å². The van der Waals surface area contributed by atoms with Crippen LogP contribution >= 0.6 is 0 Å². The summed E-state index contributed by atoms with van der Waals surface area (Å²) >= 11 is 0. The molecule has 0 atom stereocenters. The molecule has 1 fully saturated rings. The molecule has 1 amide bonds. The molecule has 162 valence electrons. The fourth-order valence-corrected chi connectivity index (χ4v) is 5.12. The number of nitrogens with one attached hydrogen (secondary N) is 1. The summed E-state index contributed by atoms with van der Waals surface area (Å²) in [5.41, 5.74) is 0.976. The fraction of sp³-hybridized carbons (Fsp3) is 0.435. The highest BCUT2D eigenvalue weighted by Gasteiger charge is 2.29. The quantitative estimate of drug-likeness (QED) is 0.660. The summed E-state index contributed by atoms with van der Waals surface area (Å²) in [6.07, 6.45) is 5.97. The first-order valence-corrected chi connectivity index (χ1v) is 12.0. The van der Waals surface area contributed by atoms with E-state index in [0.717, 1.165) is 32.1 Å². The zero-order valence-electron chi connectivity index (χ0n) is 17.6. The summed E-state index contributed by atoms with van der Waals surface area (Å²) in [6, 6.07) is 13.5. The molecule has 0 bridgehead atoms. The Bertz CT molecular complexity index is 951. The molecule has 7 heteroatoms. The topological polar surface area (TPSA) is 75.7 Å². The van der Waals surface area contributed by atoms with Gasteiger partial charge in [0.2, 0.25) is 10.0 Å². The predicted molar refractivity (Wildman–Crippen MR) is 118 cm³/mol. The molecule has 1 aliphatic rings. The van der Waals surface area contributed by atoms with Gasteiger partial charge in [0.05, 0.1) is 17.1 Å². The summed E-state index contributed by atoms with van der Waals surface area (Å²) in [7, 11) is -1.89. The van der Waals surface area contributed by atoms with Gasteiger partial charge in [-0.3, -0.25) is 4.79 Å². The van der Waals surface area contributed by atoms with Crippen LogP contribution in [0.3, 0.4) is 0 Å². The lowest BCUT2D eigenvalue weighted by Gasteiger charge is -2.30. The van der Waals surface area contributed by atoms with E-state index in [1.807, 2.05) is 13.0 Å². The van der Waals surface area contributed by atoms with Gasteiger partial charge < -0.3 is 10.1 Å². The Hall–Kier alpha value is -2.38. The fourth-order valence-electron chi connectivity index (χ4n) is 3.71. The molecule has 0 unspecified atom stereocenters. The molecule has 0 saturated heterocycles. The van der Waals surface area contributed by atoms with Crippen LogP contribution < -0.4 is 10.1 Å². The summed E-state index contributed by atoms with van der Waals surface area (Å²) in [5.74, 6) is 0.238. The Morgan fingerprint density at radius 2 is 1.73 bits per heavy atom. The molecular weight excluding hydrogens is 400 g/mol. The van der Waals surface area contributed by atoms with Gasteiger partial charge in [0, 0.05) is 18.8 Å². The zero-order valence-corrected chi connectivity index (χ0v) is 18.5. The average Bonchev–Trinajstić information content (AvgIpc) is 2.78. The van der Waals surface area contributed by atoms with Crippen LogP contribution in [-0.2, 0) is 10.0 Å². The van der Waals surface area contributed by atoms with E-state index >= 15 is 0 Å². The molecule has 0 aromatic heterocycles. The van der Waals surface area contributed by atoms with Crippen LogP contribution in [0.25, 0.3) is 0 Å². The maximum atomic E-state index is 13.0. The second kappa shape index (κ2) is 10.1. The number of hydrogen-bond acceptors (Lipinski definition) is 4. The van der Waals surface area contributed by atoms with Crippen molar-refractivity contribution >= 4 is 21.6 Å². The van der Waals surface area contributed by atoms with Crippen molar-refractivity contribution in [2.24, 2.45) is 0 Å². The van der Waals surface area contributed by atoms with Crippen LogP contribution in [0.5, 0.6) is 5.75 Å². The van der Waals surface area contributed by atoms with Crippen LogP contribution in [0, 0.1) is 0 Å². The molecule has 2 aromatic rings. The molecule has 0 radical (unpaired) electrons. The second-order valence-electron chi connectivity index (χ2n) is 7.64. The number of para-hydroxylation sites is 1. The minimum absolute atomic E-state index is 0.0581. The van der Waals surface area contributed by atoms with Gasteiger partial charge in [0.15, 0.2) is 0 Å². The van der Waals surface area contributed by atoms with Crippen LogP contribution in [0.15, 0.2) is 53.4 Å². The standard InChI is InChI=1S/C23H30N2O4S/c1-3-17-29-22-12-8-7-11-21(22)23(26)24-18-13-15-20(16-14-18)30(27,28)25(2)19-9-5-4-6-10-19/h7-8,11-16,19H,3-6,9-10,17H2,1-2H3,(H,24,26). The molecule has 2 aromatic carbocycles. The lowest BCUT2D eigenvalue weighted by atomic mass is 9.96. The molecule has 6 nitrogen and oxygen atoms in total. The Kier molecular flexibility index (Phi) is 7.50. The Morgan fingerprint density at radius 1 is 1.07 bits per heavy atom. The summed E-state index contributed by atoms with van der Waals surface area (Å²) < 4.78 is 33.1. The van der Waals surface area contributed by atoms with Crippen molar-refractivity contribution in [3.05, 3.63) is 54.1 Å². The number of anilines is 1. The van der Waals surface area contributed by atoms with Gasteiger partial charge in [0.1, 0.15) is 5.75 Å². The normalized spacial score (nSPS) is 15.2. The van der Waals surface area contributed by atoms with Crippen LogP contribution in [-0.4, -0.2) is 38.3 Å². The van der Waals surface area contributed by atoms with Crippen molar-refractivity contribution in [2.45, 2.75) is 56.4 Å². The molecule has 3 rings (SSSR count). The van der Waals surface area contributed by atoms with E-state index in [-0.39, 0.29) is 16.8 Å². The van der Waals surface area contributed by atoms with Crippen LogP contribution in [0.1, 0.15) is 55.8 Å². The zero-order chi connectivity index (χ0) is 21.6. The maximum absolute atomic E-state index is 13.0. The number of carbonyl (C=O) groups is 1. The monoisotopic (exact) mass is 430 g/mol. The molecule has 30 heavy (non-hydrogen) atoms. The highest BCUT2D eigenvalue weighted by molar-refractivity contribution is 7.89. The molecule has 0 aliphatic heterocycles. The Labute approximate surface area is 179 Å². The third-order valence-electron chi connectivity index (χ3n) is 5.47. The molecule has 1 saturated carbocycles. The number of ether oxygens (including phenoxy) is 1. The third-order valence-corrected chi connectivity index (χ3v) is 7.40. The van der Waals surface area contributed by atoms with Gasteiger partial charge in [-0.25, -0.2) is 8.42 Å². The number of carbonyl (C=O) groups excluding carboxylic acids is 1. The van der Waals surface area contributed by atoms with E-state index in [1.165, 1.54) is 10.7 Å². The van der Waals surface area contributed by atoms with E-state index in [2.05, 4.69) is 5.32 Å². The van der Waals surface area contributed by atoms with E-state index < -0.39 is 10.0 Å². The van der Waals surface area contributed by atoms with Crippen molar-refractivity contribution in [3.8, 4) is 5.75 Å². The third kappa shape index (κ3) is 5.21. The number of amides is 1. The summed E-state index contributed by atoms with van der Waals surface area (Å²) in [5, 5.41) is 2.82. The van der Waals surface area contributed by atoms with E-state index in [1.54, 1.807) is 49.5 Å². The predicted octanol–water partition coefficient (Wildman–Crippen LogP) is 4.68. The van der Waals surface area contributed by atoms with Gasteiger partial charge >= 0.3 is 0 Å². The lowest BCUT2D eigenvalue weighted by molar-refractivity contribution is 0.102. The highest BCUT2D eigenvalue weighted by atomic mass is 32.2. The van der Waals surface area contributed by atoms with Crippen molar-refractivity contribution in [1.82, 2.24) is 4.31 Å². The number of hydrogen-bond donors (Lipinski definition) is 1. The van der Waals surface area contributed by atoms with Gasteiger partial charge in [-0.05, 0) is 55.7 Å². The van der Waals surface area contributed by atoms with Gasteiger partial charge in [-0.1, -0.05) is 38.3 Å². The lowest BCUT2D eigenvalue weighted by Crippen LogP contribution is -2.38. The second-order valence-corrected chi connectivity index (χ2v) is 9.63. The van der Waals surface area contributed by atoms with Crippen LogP contribution in [0.4, 0.5) is 5.69 Å². The smallest absolute Gasteiger partial charge is 0.259 e. The molecule has 1 aliphatic carbocycles. The molecule has 1 N–H and O–H groups in total. The molecule has 0 heterocycles. The van der Waals surface area contributed by atoms with Gasteiger partial charge in [0.25, 0.3) is 5.91 Å². The minimum atomic E-state index is -3.55. The first kappa shape index (κ1) is 22.3. The largest absolute Gasteiger partial charge is 0.493 e. The molecular formula is C23H30N2O4S. The first-order chi connectivity index (χ1) is 14.4. The summed E-state index contributed by atoms with van der Waals surface area (Å²) in [6.45, 7) is 2.54. The summed E-state index contributed by atoms with van der Waals surface area (Å²) in [4.78, 5) is 12.9. The van der Waals surface area contributed by atoms with E-state index in [0.29, 0.717) is 23.6 Å². The highest BCUT2D eigenvalue weighted by Crippen LogP contribution is 2.27. The minimum Gasteiger partial charge on any atom is -0.493 e. The Balaban J connectivity index is 1.71. The molecule has 0 spiro atoms. The SMILES string of the molecule is CCCOc1ccccc1C(=O)Nc1ccc(S(=O)(=O)N(C)C2CCCCC2)cc1. The van der Waals surface area contributed by atoms with Crippen molar-refractivity contribution in [2.75, 3.05) is 19.0 Å². The first-order valence-electron chi connectivity index (χ1n) is 10.5. The van der Waals surface area contributed by atoms with Crippen molar-refractivity contribution in [1.29, 1.82) is 0 Å². The number of rotatable bonds is 8. The van der Waals surface area contributed by atoms with Gasteiger partial charge in [-0.2, -0.15) is 4.31 Å². The average molecular weight is 431 g/mol. The number of benzene rings is 2. The van der Waals surface area contributed by atoms with Crippen molar-refractivity contribution < 1.29 is 17.9 Å². The number of nitrogens with zero attached hydrogens (tertiary/aromatic N) is 1. The number of sulfonamides is 1. The van der Waals surface area contributed by atoms with E-state index in [9.17, 15) is 13.2 Å². The Morgan fingerprint density at radius 3 is 2.40 bits per heavy atom. The van der Waals surface area contributed by atoms with Gasteiger partial charge in [-0.15, -0.1) is 0 Å².